The monoisotopic (exact) mass is 381 g/mol. The third-order valence-electron chi connectivity index (χ3n) is 6.48. The first kappa shape index (κ1) is 19.4. The van der Waals surface area contributed by atoms with Gasteiger partial charge in [0.1, 0.15) is 5.75 Å². The predicted molar refractivity (Wildman–Crippen MR) is 111 cm³/mol. The summed E-state index contributed by atoms with van der Waals surface area (Å²) < 4.78 is 5.44. The number of hydrogen-bond donors (Lipinski definition) is 2. The molecule has 2 aliphatic rings. The number of piperidine rings is 1. The Hall–Kier alpha value is -1.88. The molecule has 0 aromatic heterocycles. The van der Waals surface area contributed by atoms with Gasteiger partial charge in [0, 0.05) is 25.2 Å². The van der Waals surface area contributed by atoms with Gasteiger partial charge in [0.25, 0.3) is 0 Å². The lowest BCUT2D eigenvalue weighted by Crippen LogP contribution is -2.44. The lowest BCUT2D eigenvalue weighted by molar-refractivity contribution is -0.0358. The highest BCUT2D eigenvalue weighted by Gasteiger charge is 2.36. The first-order chi connectivity index (χ1) is 13.6. The van der Waals surface area contributed by atoms with Crippen molar-refractivity contribution in [1.29, 1.82) is 0 Å². The summed E-state index contributed by atoms with van der Waals surface area (Å²) in [5.74, 6) is 0.743. The van der Waals surface area contributed by atoms with E-state index in [9.17, 15) is 10.2 Å². The van der Waals surface area contributed by atoms with Crippen LogP contribution in [0.4, 0.5) is 0 Å². The van der Waals surface area contributed by atoms with E-state index in [0.717, 1.165) is 36.4 Å². The molecule has 1 fully saturated rings. The highest BCUT2D eigenvalue weighted by molar-refractivity contribution is 5.38. The number of aliphatic hydroxyl groups is 2. The predicted octanol–water partition coefficient (Wildman–Crippen LogP) is 3.59. The van der Waals surface area contributed by atoms with Gasteiger partial charge in [-0.25, -0.2) is 0 Å². The molecule has 2 aromatic carbocycles. The molecule has 28 heavy (non-hydrogen) atoms. The zero-order chi connectivity index (χ0) is 19.6. The van der Waals surface area contributed by atoms with Gasteiger partial charge in [-0.2, -0.15) is 0 Å². The minimum atomic E-state index is -0.861. The van der Waals surface area contributed by atoms with Crippen molar-refractivity contribution in [3.8, 4) is 5.75 Å². The van der Waals surface area contributed by atoms with E-state index in [2.05, 4.69) is 23.1 Å². The summed E-state index contributed by atoms with van der Waals surface area (Å²) in [6, 6.07) is 14.2. The van der Waals surface area contributed by atoms with E-state index in [0.29, 0.717) is 19.4 Å². The summed E-state index contributed by atoms with van der Waals surface area (Å²) in [4.78, 5) is 2.26. The molecule has 2 N–H and O–H groups in total. The Kier molecular flexibility index (Phi) is 5.72. The second-order valence-corrected chi connectivity index (χ2v) is 8.28. The Bertz CT molecular complexity index is 811. The first-order valence-corrected chi connectivity index (χ1v) is 10.5. The van der Waals surface area contributed by atoms with Crippen LogP contribution in [-0.4, -0.2) is 41.9 Å². The Morgan fingerprint density at radius 3 is 2.50 bits per heavy atom. The van der Waals surface area contributed by atoms with E-state index < -0.39 is 11.7 Å². The van der Waals surface area contributed by atoms with Crippen LogP contribution in [0.1, 0.15) is 54.0 Å². The van der Waals surface area contributed by atoms with Gasteiger partial charge in [-0.05, 0) is 61.3 Å². The SMILES string of the molecule is COc1ccccc1C1(O)CCN(CC(O)c2ccc3c(c2)CCCC3)CC1. The number of likely N-dealkylation sites (tertiary alicyclic amines) is 1. The Labute approximate surface area is 167 Å². The minimum absolute atomic E-state index is 0.482. The maximum absolute atomic E-state index is 11.2. The Morgan fingerprint density at radius 1 is 1.04 bits per heavy atom. The number of fused-ring (bicyclic) bond motifs is 1. The third-order valence-corrected chi connectivity index (χ3v) is 6.48. The molecular formula is C24H31NO3. The van der Waals surface area contributed by atoms with Crippen LogP contribution < -0.4 is 4.74 Å². The van der Waals surface area contributed by atoms with Crippen molar-refractivity contribution in [2.45, 2.75) is 50.2 Å². The van der Waals surface area contributed by atoms with Gasteiger partial charge in [-0.15, -0.1) is 0 Å². The number of methoxy groups -OCH3 is 1. The van der Waals surface area contributed by atoms with Crippen LogP contribution in [0.2, 0.25) is 0 Å². The van der Waals surface area contributed by atoms with Gasteiger partial charge in [-0.1, -0.05) is 36.4 Å². The third kappa shape index (κ3) is 3.95. The number of rotatable bonds is 5. The number of β-amino-alcohol motifs (C(OH)–C–C–N with tert-alkyl or cyclic N) is 1. The van der Waals surface area contributed by atoms with Crippen LogP contribution in [0.3, 0.4) is 0 Å². The van der Waals surface area contributed by atoms with Crippen LogP contribution in [-0.2, 0) is 18.4 Å². The van der Waals surface area contributed by atoms with Crippen molar-refractivity contribution in [1.82, 2.24) is 4.90 Å². The number of benzene rings is 2. The van der Waals surface area contributed by atoms with Gasteiger partial charge in [0.2, 0.25) is 0 Å². The zero-order valence-electron chi connectivity index (χ0n) is 16.7. The summed E-state index contributed by atoms with van der Waals surface area (Å²) in [5, 5.41) is 22.0. The molecular weight excluding hydrogens is 350 g/mol. The fraction of sp³-hybridized carbons (Fsp3) is 0.500. The number of para-hydroxylation sites is 1. The molecule has 0 spiro atoms. The minimum Gasteiger partial charge on any atom is -0.496 e. The van der Waals surface area contributed by atoms with E-state index in [4.69, 9.17) is 4.74 Å². The molecule has 0 amide bonds. The molecule has 1 atom stereocenters. The van der Waals surface area contributed by atoms with Crippen LogP contribution >= 0.6 is 0 Å². The van der Waals surface area contributed by atoms with Crippen LogP contribution in [0.15, 0.2) is 42.5 Å². The van der Waals surface area contributed by atoms with E-state index in [-0.39, 0.29) is 0 Å². The summed E-state index contributed by atoms with van der Waals surface area (Å²) in [6.07, 6.45) is 5.63. The Morgan fingerprint density at radius 2 is 1.75 bits per heavy atom. The van der Waals surface area contributed by atoms with E-state index in [1.54, 1.807) is 7.11 Å². The van der Waals surface area contributed by atoms with Crippen molar-refractivity contribution in [3.05, 3.63) is 64.7 Å². The fourth-order valence-corrected chi connectivity index (χ4v) is 4.71. The van der Waals surface area contributed by atoms with Crippen molar-refractivity contribution < 1.29 is 14.9 Å². The quantitative estimate of drug-likeness (QED) is 0.831. The van der Waals surface area contributed by atoms with Crippen molar-refractivity contribution in [2.75, 3.05) is 26.7 Å². The normalized spacial score (nSPS) is 20.4. The molecule has 1 heterocycles. The molecule has 1 aliphatic heterocycles. The molecule has 0 bridgehead atoms. The van der Waals surface area contributed by atoms with E-state index in [1.165, 1.54) is 30.4 Å². The molecule has 4 heteroatoms. The van der Waals surface area contributed by atoms with Crippen LogP contribution in [0, 0.1) is 0 Å². The number of hydrogen-bond acceptors (Lipinski definition) is 4. The van der Waals surface area contributed by atoms with Gasteiger partial charge < -0.3 is 19.8 Å². The summed E-state index contributed by atoms with van der Waals surface area (Å²) in [5.41, 5.74) is 3.88. The number of ether oxygens (including phenoxy) is 1. The number of aliphatic hydroxyl groups excluding tert-OH is 1. The standard InChI is InChI=1S/C24H31NO3/c1-28-23-9-5-4-8-21(23)24(27)12-14-25(15-13-24)17-22(26)20-11-10-18-6-2-3-7-19(18)16-20/h4-5,8-11,16,22,26-27H,2-3,6-7,12-15,17H2,1H3. The van der Waals surface area contributed by atoms with E-state index >= 15 is 0 Å². The van der Waals surface area contributed by atoms with Gasteiger partial charge in [0.15, 0.2) is 0 Å². The maximum Gasteiger partial charge on any atom is 0.124 e. The van der Waals surface area contributed by atoms with E-state index in [1.807, 2.05) is 24.3 Å². The Balaban J connectivity index is 1.39. The fourth-order valence-electron chi connectivity index (χ4n) is 4.71. The smallest absolute Gasteiger partial charge is 0.124 e. The average molecular weight is 382 g/mol. The molecule has 1 aliphatic carbocycles. The van der Waals surface area contributed by atoms with Crippen LogP contribution in [0.25, 0.3) is 0 Å². The van der Waals surface area contributed by atoms with Crippen LogP contribution in [0.5, 0.6) is 5.75 Å². The van der Waals surface area contributed by atoms with Crippen molar-refractivity contribution in [3.63, 3.8) is 0 Å². The number of aryl methyl sites for hydroxylation is 2. The highest BCUT2D eigenvalue weighted by Crippen LogP contribution is 2.38. The molecule has 1 unspecified atom stereocenters. The lowest BCUT2D eigenvalue weighted by Gasteiger charge is -2.39. The second kappa shape index (κ2) is 8.24. The van der Waals surface area contributed by atoms with Gasteiger partial charge in [0.05, 0.1) is 18.8 Å². The largest absolute Gasteiger partial charge is 0.496 e. The topological polar surface area (TPSA) is 52.9 Å². The number of nitrogens with zero attached hydrogens (tertiary/aromatic N) is 1. The maximum atomic E-state index is 11.2. The zero-order valence-corrected chi connectivity index (χ0v) is 16.7. The molecule has 4 rings (SSSR count). The average Bonchev–Trinajstić information content (AvgIpc) is 2.75. The second-order valence-electron chi connectivity index (χ2n) is 8.28. The molecule has 1 saturated heterocycles. The van der Waals surface area contributed by atoms with Crippen molar-refractivity contribution >= 4 is 0 Å². The molecule has 4 nitrogen and oxygen atoms in total. The molecule has 0 radical (unpaired) electrons. The van der Waals surface area contributed by atoms with Crippen molar-refractivity contribution in [2.24, 2.45) is 0 Å². The van der Waals surface area contributed by atoms with Gasteiger partial charge >= 0.3 is 0 Å². The molecule has 2 aromatic rings. The summed E-state index contributed by atoms with van der Waals surface area (Å²) in [7, 11) is 1.65. The summed E-state index contributed by atoms with van der Waals surface area (Å²) >= 11 is 0. The molecule has 0 saturated carbocycles. The highest BCUT2D eigenvalue weighted by atomic mass is 16.5. The summed E-state index contributed by atoms with van der Waals surface area (Å²) in [6.45, 7) is 2.13. The van der Waals surface area contributed by atoms with Gasteiger partial charge in [-0.3, -0.25) is 0 Å². The first-order valence-electron chi connectivity index (χ1n) is 10.5. The molecule has 150 valence electrons. The lowest BCUT2D eigenvalue weighted by atomic mass is 9.83.